The van der Waals surface area contributed by atoms with Crippen molar-refractivity contribution in [3.8, 4) is 0 Å². The predicted octanol–water partition coefficient (Wildman–Crippen LogP) is 2.49. The smallest absolute Gasteiger partial charge is 0.241 e. The quantitative estimate of drug-likeness (QED) is 0.838. The molecule has 5 heteroatoms. The first kappa shape index (κ1) is 15.5. The first-order valence-corrected chi connectivity index (χ1v) is 7.49. The topological polar surface area (TPSA) is 58.2 Å². The van der Waals surface area contributed by atoms with E-state index in [9.17, 15) is 14.0 Å². The summed E-state index contributed by atoms with van der Waals surface area (Å²) in [6.07, 6.45) is 5.55. The van der Waals surface area contributed by atoms with Crippen LogP contribution < -0.4 is 10.9 Å². The van der Waals surface area contributed by atoms with Crippen molar-refractivity contribution >= 4 is 11.8 Å². The number of amides is 2. The Balaban J connectivity index is 1.70. The summed E-state index contributed by atoms with van der Waals surface area (Å²) in [7, 11) is 0. The van der Waals surface area contributed by atoms with E-state index in [1.54, 1.807) is 18.2 Å². The monoisotopic (exact) mass is 292 g/mol. The van der Waals surface area contributed by atoms with Gasteiger partial charge in [-0.25, -0.2) is 4.39 Å². The molecule has 2 amide bonds. The molecule has 0 saturated heterocycles. The van der Waals surface area contributed by atoms with Crippen LogP contribution in [0.5, 0.6) is 0 Å². The zero-order valence-electron chi connectivity index (χ0n) is 12.0. The number of aryl methyl sites for hydroxylation is 1. The lowest BCUT2D eigenvalue weighted by Gasteiger charge is -2.20. The van der Waals surface area contributed by atoms with Crippen LogP contribution in [0, 0.1) is 11.7 Å². The van der Waals surface area contributed by atoms with E-state index in [1.807, 2.05) is 0 Å². The Morgan fingerprint density at radius 3 is 2.52 bits per heavy atom. The van der Waals surface area contributed by atoms with Gasteiger partial charge in [0.1, 0.15) is 5.82 Å². The van der Waals surface area contributed by atoms with Crippen LogP contribution in [0.15, 0.2) is 24.3 Å². The molecule has 0 aliphatic heterocycles. The van der Waals surface area contributed by atoms with Gasteiger partial charge in [0.2, 0.25) is 11.8 Å². The second-order valence-electron chi connectivity index (χ2n) is 5.46. The number of rotatable bonds is 4. The molecule has 0 aromatic heterocycles. The van der Waals surface area contributed by atoms with Crippen LogP contribution in [0.3, 0.4) is 0 Å². The first-order valence-electron chi connectivity index (χ1n) is 7.49. The predicted molar refractivity (Wildman–Crippen MR) is 77.6 cm³/mol. The summed E-state index contributed by atoms with van der Waals surface area (Å²) >= 11 is 0. The number of carbonyl (C=O) groups is 2. The third kappa shape index (κ3) is 4.85. The van der Waals surface area contributed by atoms with Crippen LogP contribution >= 0.6 is 0 Å². The Morgan fingerprint density at radius 2 is 1.81 bits per heavy atom. The highest BCUT2D eigenvalue weighted by molar-refractivity contribution is 5.83. The second-order valence-corrected chi connectivity index (χ2v) is 5.46. The Kier molecular flexibility index (Phi) is 5.72. The number of nitrogens with one attached hydrogen (secondary N) is 2. The molecule has 21 heavy (non-hydrogen) atoms. The molecule has 0 radical (unpaired) electrons. The highest BCUT2D eigenvalue weighted by Crippen LogP contribution is 2.23. The largest absolute Gasteiger partial charge is 0.273 e. The second kappa shape index (κ2) is 7.76. The number of hydrazine groups is 1. The molecule has 0 unspecified atom stereocenters. The SMILES string of the molecule is O=C(CCc1ccccc1F)NNC(=O)C1CCCCC1. The van der Waals surface area contributed by atoms with E-state index < -0.39 is 0 Å². The van der Waals surface area contributed by atoms with Crippen LogP contribution in [0.4, 0.5) is 4.39 Å². The van der Waals surface area contributed by atoms with E-state index in [0.29, 0.717) is 12.0 Å². The standard InChI is InChI=1S/C16H21FN2O2/c17-14-9-5-4-6-12(14)10-11-15(20)18-19-16(21)13-7-2-1-3-8-13/h4-6,9,13H,1-3,7-8,10-11H2,(H,18,20)(H,19,21). The van der Waals surface area contributed by atoms with Crippen LogP contribution in [0.2, 0.25) is 0 Å². The van der Waals surface area contributed by atoms with Crippen molar-refractivity contribution in [2.45, 2.75) is 44.9 Å². The molecule has 0 atom stereocenters. The number of halogens is 1. The van der Waals surface area contributed by atoms with Gasteiger partial charge < -0.3 is 0 Å². The molecule has 0 spiro atoms. The molecule has 4 nitrogen and oxygen atoms in total. The van der Waals surface area contributed by atoms with E-state index >= 15 is 0 Å². The van der Waals surface area contributed by atoms with Gasteiger partial charge in [0.15, 0.2) is 0 Å². The maximum atomic E-state index is 13.4. The Morgan fingerprint density at radius 1 is 1.10 bits per heavy atom. The van der Waals surface area contributed by atoms with Gasteiger partial charge in [0.25, 0.3) is 0 Å². The molecule has 1 aliphatic rings. The average molecular weight is 292 g/mol. The van der Waals surface area contributed by atoms with Crippen molar-refractivity contribution in [1.82, 2.24) is 10.9 Å². The van der Waals surface area contributed by atoms with E-state index in [2.05, 4.69) is 10.9 Å². The van der Waals surface area contributed by atoms with Gasteiger partial charge in [0, 0.05) is 12.3 Å². The summed E-state index contributed by atoms with van der Waals surface area (Å²) in [5, 5.41) is 0. The first-order chi connectivity index (χ1) is 10.2. The van der Waals surface area contributed by atoms with Crippen molar-refractivity contribution in [2.24, 2.45) is 5.92 Å². The van der Waals surface area contributed by atoms with Gasteiger partial charge in [-0.05, 0) is 30.9 Å². The fraction of sp³-hybridized carbons (Fsp3) is 0.500. The molecular weight excluding hydrogens is 271 g/mol. The fourth-order valence-electron chi connectivity index (χ4n) is 2.61. The lowest BCUT2D eigenvalue weighted by Crippen LogP contribution is -2.45. The number of carbonyl (C=O) groups excluding carboxylic acids is 2. The van der Waals surface area contributed by atoms with Crippen LogP contribution in [-0.4, -0.2) is 11.8 Å². The fourth-order valence-corrected chi connectivity index (χ4v) is 2.61. The van der Waals surface area contributed by atoms with Crippen molar-refractivity contribution in [3.63, 3.8) is 0 Å². The van der Waals surface area contributed by atoms with Crippen molar-refractivity contribution in [1.29, 1.82) is 0 Å². The molecule has 1 saturated carbocycles. The van der Waals surface area contributed by atoms with Gasteiger partial charge in [-0.3, -0.25) is 20.4 Å². The van der Waals surface area contributed by atoms with E-state index in [0.717, 1.165) is 25.7 Å². The summed E-state index contributed by atoms with van der Waals surface area (Å²) in [5.41, 5.74) is 5.39. The summed E-state index contributed by atoms with van der Waals surface area (Å²) in [6.45, 7) is 0. The molecule has 1 aromatic rings. The maximum Gasteiger partial charge on any atom is 0.241 e. The van der Waals surface area contributed by atoms with Gasteiger partial charge >= 0.3 is 0 Å². The molecule has 2 N–H and O–H groups in total. The van der Waals surface area contributed by atoms with Crippen molar-refractivity contribution in [3.05, 3.63) is 35.6 Å². The minimum atomic E-state index is -0.309. The van der Waals surface area contributed by atoms with Crippen LogP contribution in [0.1, 0.15) is 44.1 Å². The van der Waals surface area contributed by atoms with Gasteiger partial charge in [0.05, 0.1) is 0 Å². The number of hydrogen-bond donors (Lipinski definition) is 2. The normalized spacial score (nSPS) is 15.5. The highest BCUT2D eigenvalue weighted by Gasteiger charge is 2.21. The lowest BCUT2D eigenvalue weighted by atomic mass is 9.89. The minimum absolute atomic E-state index is 0.00520. The van der Waals surface area contributed by atoms with E-state index in [4.69, 9.17) is 0 Å². The average Bonchev–Trinajstić information content (AvgIpc) is 2.52. The molecule has 1 aromatic carbocycles. The Bertz CT molecular complexity index is 499. The molecular formula is C16H21FN2O2. The van der Waals surface area contributed by atoms with Crippen molar-refractivity contribution < 1.29 is 14.0 Å². The van der Waals surface area contributed by atoms with Crippen molar-refractivity contribution in [2.75, 3.05) is 0 Å². The lowest BCUT2D eigenvalue weighted by molar-refractivity contribution is -0.131. The van der Waals surface area contributed by atoms with E-state index in [-0.39, 0.29) is 30.0 Å². The minimum Gasteiger partial charge on any atom is -0.273 e. The molecule has 1 fully saturated rings. The summed E-state index contributed by atoms with van der Waals surface area (Å²) in [6, 6.07) is 6.38. The van der Waals surface area contributed by atoms with E-state index in [1.165, 1.54) is 12.5 Å². The molecule has 114 valence electrons. The zero-order chi connectivity index (χ0) is 15.1. The molecule has 0 bridgehead atoms. The molecule has 1 aliphatic carbocycles. The third-order valence-corrected chi connectivity index (χ3v) is 3.88. The van der Waals surface area contributed by atoms with Crippen LogP contribution in [0.25, 0.3) is 0 Å². The summed E-state index contributed by atoms with van der Waals surface area (Å²) < 4.78 is 13.4. The van der Waals surface area contributed by atoms with Crippen LogP contribution in [-0.2, 0) is 16.0 Å². The number of hydrogen-bond acceptors (Lipinski definition) is 2. The number of benzene rings is 1. The van der Waals surface area contributed by atoms with Gasteiger partial charge in [-0.15, -0.1) is 0 Å². The molecule has 0 heterocycles. The summed E-state index contributed by atoms with van der Waals surface area (Å²) in [5.74, 6) is -0.724. The Hall–Kier alpha value is -1.91. The zero-order valence-corrected chi connectivity index (χ0v) is 12.0. The highest BCUT2D eigenvalue weighted by atomic mass is 19.1. The maximum absolute atomic E-state index is 13.4. The summed E-state index contributed by atoms with van der Waals surface area (Å²) in [4.78, 5) is 23.5. The molecule has 2 rings (SSSR count). The van der Waals surface area contributed by atoms with Gasteiger partial charge in [-0.2, -0.15) is 0 Å². The third-order valence-electron chi connectivity index (χ3n) is 3.88. The Labute approximate surface area is 124 Å². The van der Waals surface area contributed by atoms with Gasteiger partial charge in [-0.1, -0.05) is 37.5 Å².